The van der Waals surface area contributed by atoms with Gasteiger partial charge in [-0.1, -0.05) is 24.8 Å². The third kappa shape index (κ3) is 5.15. The number of ether oxygens (including phenoxy) is 3. The smallest absolute Gasteiger partial charge is 0.344 e. The average Bonchev–Trinajstić information content (AvgIpc) is 3.08. The van der Waals surface area contributed by atoms with E-state index >= 15 is 0 Å². The van der Waals surface area contributed by atoms with Crippen LogP contribution in [0.4, 0.5) is 5.69 Å². The molecule has 0 bridgehead atoms. The van der Waals surface area contributed by atoms with Crippen molar-refractivity contribution in [2.75, 3.05) is 31.2 Å². The summed E-state index contributed by atoms with van der Waals surface area (Å²) in [6.07, 6.45) is 3.23. The zero-order valence-corrected chi connectivity index (χ0v) is 18.1. The molecule has 0 radical (unpaired) electrons. The van der Waals surface area contributed by atoms with Gasteiger partial charge in [0.1, 0.15) is 18.1 Å². The van der Waals surface area contributed by atoms with Gasteiger partial charge >= 0.3 is 5.97 Å². The summed E-state index contributed by atoms with van der Waals surface area (Å²) in [4.78, 5) is 26.7. The molecule has 0 saturated carbocycles. The van der Waals surface area contributed by atoms with E-state index in [2.05, 4.69) is 25.3 Å². The molecule has 0 unspecified atom stereocenters. The zero-order valence-electron chi connectivity index (χ0n) is 18.1. The third-order valence-electron chi connectivity index (χ3n) is 4.98. The molecule has 6 heteroatoms. The third-order valence-corrected chi connectivity index (χ3v) is 4.98. The molecule has 0 N–H and O–H groups in total. The van der Waals surface area contributed by atoms with Gasteiger partial charge in [0.15, 0.2) is 12.4 Å². The van der Waals surface area contributed by atoms with Gasteiger partial charge in [0, 0.05) is 24.8 Å². The Hall–Kier alpha value is -3.54. The van der Waals surface area contributed by atoms with E-state index in [-0.39, 0.29) is 24.8 Å². The Morgan fingerprint density at radius 3 is 2.52 bits per heavy atom. The van der Waals surface area contributed by atoms with Crippen LogP contribution in [0.5, 0.6) is 11.5 Å². The summed E-state index contributed by atoms with van der Waals surface area (Å²) >= 11 is 0. The lowest BCUT2D eigenvalue weighted by molar-refractivity contribution is -0.144. The van der Waals surface area contributed by atoms with Crippen LogP contribution in [0.2, 0.25) is 0 Å². The highest BCUT2D eigenvalue weighted by Crippen LogP contribution is 2.37. The monoisotopic (exact) mass is 421 g/mol. The van der Waals surface area contributed by atoms with Crippen molar-refractivity contribution < 1.29 is 23.8 Å². The first-order chi connectivity index (χ1) is 15.0. The molecule has 0 fully saturated rings. The maximum atomic E-state index is 12.9. The van der Waals surface area contributed by atoms with Gasteiger partial charge in [-0.25, -0.2) is 4.79 Å². The van der Waals surface area contributed by atoms with Crippen LogP contribution < -0.4 is 14.4 Å². The summed E-state index contributed by atoms with van der Waals surface area (Å²) in [6.45, 7) is 11.3. The molecule has 1 heterocycles. The number of aryl methyl sites for hydroxylation is 1. The summed E-state index contributed by atoms with van der Waals surface area (Å²) in [5.74, 6) is 0.451. The molecular weight excluding hydrogens is 394 g/mol. The van der Waals surface area contributed by atoms with Crippen LogP contribution >= 0.6 is 0 Å². The molecule has 162 valence electrons. The van der Waals surface area contributed by atoms with Crippen molar-refractivity contribution in [3.8, 4) is 11.5 Å². The van der Waals surface area contributed by atoms with Crippen LogP contribution in [0, 0.1) is 6.92 Å². The second-order valence-electron chi connectivity index (χ2n) is 7.08. The normalized spacial score (nSPS) is 13.5. The van der Waals surface area contributed by atoms with Crippen molar-refractivity contribution in [2.24, 2.45) is 0 Å². The highest BCUT2D eigenvalue weighted by Gasteiger charge is 2.30. The Kier molecular flexibility index (Phi) is 7.13. The lowest BCUT2D eigenvalue weighted by Gasteiger charge is -2.20. The predicted molar refractivity (Wildman–Crippen MR) is 121 cm³/mol. The average molecular weight is 421 g/mol. The Balaban J connectivity index is 1.75. The van der Waals surface area contributed by atoms with Gasteiger partial charge < -0.3 is 19.1 Å². The number of hydrogen-bond acceptors (Lipinski definition) is 6. The first kappa shape index (κ1) is 22.2. The standard InChI is InChI=1S/C25H27NO5/c1-5-12-29-23(27)16-30-20-13-17(4)24-21(15-20)31-22(25(24)28)14-18-8-10-19(11-9-18)26(6-2)7-3/h5,8-11,13-15H,1,6-7,12,16H2,2-4H3/b22-14-. The number of fused-ring (bicyclic) bond motifs is 1. The Morgan fingerprint density at radius 2 is 1.87 bits per heavy atom. The van der Waals surface area contributed by atoms with E-state index in [4.69, 9.17) is 14.2 Å². The van der Waals surface area contributed by atoms with E-state index in [0.717, 1.165) is 29.9 Å². The van der Waals surface area contributed by atoms with Gasteiger partial charge in [0.25, 0.3) is 0 Å². The topological polar surface area (TPSA) is 65.1 Å². The number of carbonyl (C=O) groups excluding carboxylic acids is 2. The van der Waals surface area contributed by atoms with Crippen LogP contribution in [0.3, 0.4) is 0 Å². The van der Waals surface area contributed by atoms with Crippen molar-refractivity contribution in [3.05, 3.63) is 71.5 Å². The fraction of sp³-hybridized carbons (Fsp3) is 0.280. The molecule has 1 aliphatic heterocycles. The van der Waals surface area contributed by atoms with Crippen LogP contribution in [0.1, 0.15) is 35.3 Å². The largest absolute Gasteiger partial charge is 0.482 e. The van der Waals surface area contributed by atoms with Crippen molar-refractivity contribution >= 4 is 23.5 Å². The molecule has 3 rings (SSSR count). The van der Waals surface area contributed by atoms with Gasteiger partial charge in [-0.3, -0.25) is 4.79 Å². The van der Waals surface area contributed by atoms with E-state index in [1.807, 2.05) is 31.2 Å². The maximum absolute atomic E-state index is 12.9. The Morgan fingerprint density at radius 1 is 1.16 bits per heavy atom. The molecule has 6 nitrogen and oxygen atoms in total. The quantitative estimate of drug-likeness (QED) is 0.336. The minimum Gasteiger partial charge on any atom is -0.482 e. The van der Waals surface area contributed by atoms with Crippen molar-refractivity contribution in [1.82, 2.24) is 0 Å². The van der Waals surface area contributed by atoms with Gasteiger partial charge in [0.05, 0.1) is 5.56 Å². The fourth-order valence-electron chi connectivity index (χ4n) is 3.42. The van der Waals surface area contributed by atoms with E-state index in [1.54, 1.807) is 18.2 Å². The molecule has 2 aromatic carbocycles. The van der Waals surface area contributed by atoms with Crippen molar-refractivity contribution in [1.29, 1.82) is 0 Å². The van der Waals surface area contributed by atoms with Crippen LogP contribution in [0.25, 0.3) is 6.08 Å². The minimum absolute atomic E-state index is 0.132. The number of ketones is 1. The van der Waals surface area contributed by atoms with Crippen molar-refractivity contribution in [3.63, 3.8) is 0 Å². The molecule has 0 atom stereocenters. The second-order valence-corrected chi connectivity index (χ2v) is 7.08. The van der Waals surface area contributed by atoms with Gasteiger partial charge in [-0.05, 0) is 56.2 Å². The lowest BCUT2D eigenvalue weighted by Crippen LogP contribution is -2.21. The van der Waals surface area contributed by atoms with Gasteiger partial charge in [-0.2, -0.15) is 0 Å². The fourth-order valence-corrected chi connectivity index (χ4v) is 3.42. The number of benzene rings is 2. The summed E-state index contributed by atoms with van der Waals surface area (Å²) in [6, 6.07) is 11.3. The van der Waals surface area contributed by atoms with E-state index in [1.165, 1.54) is 6.08 Å². The number of rotatable bonds is 9. The first-order valence-electron chi connectivity index (χ1n) is 10.3. The van der Waals surface area contributed by atoms with E-state index < -0.39 is 5.97 Å². The molecule has 0 aromatic heterocycles. The summed E-state index contributed by atoms with van der Waals surface area (Å²) < 4.78 is 16.2. The number of carbonyl (C=O) groups is 2. The zero-order chi connectivity index (χ0) is 22.4. The lowest BCUT2D eigenvalue weighted by atomic mass is 10.0. The first-order valence-corrected chi connectivity index (χ1v) is 10.3. The molecule has 0 aliphatic carbocycles. The van der Waals surface area contributed by atoms with Crippen LogP contribution in [-0.4, -0.2) is 38.1 Å². The highest BCUT2D eigenvalue weighted by molar-refractivity contribution is 6.15. The van der Waals surface area contributed by atoms with E-state index in [0.29, 0.717) is 17.1 Å². The van der Waals surface area contributed by atoms with Gasteiger partial charge in [-0.15, -0.1) is 0 Å². The van der Waals surface area contributed by atoms with E-state index in [9.17, 15) is 9.59 Å². The van der Waals surface area contributed by atoms with Crippen LogP contribution in [0.15, 0.2) is 54.8 Å². The molecule has 1 aliphatic rings. The van der Waals surface area contributed by atoms with Gasteiger partial charge in [0.2, 0.25) is 5.78 Å². The van der Waals surface area contributed by atoms with Crippen molar-refractivity contribution in [2.45, 2.75) is 20.8 Å². The predicted octanol–water partition coefficient (Wildman–Crippen LogP) is 4.57. The molecule has 0 spiro atoms. The molecular formula is C25H27NO5. The number of nitrogens with zero attached hydrogens (tertiary/aromatic N) is 1. The summed E-state index contributed by atoms with van der Waals surface area (Å²) in [5, 5.41) is 0. The number of Topliss-reactive ketones (excluding diaryl/α,β-unsaturated/α-hetero) is 1. The van der Waals surface area contributed by atoms with Crippen LogP contribution in [-0.2, 0) is 9.53 Å². The Bertz CT molecular complexity index is 1000. The molecule has 0 saturated heterocycles. The SMILES string of the molecule is C=CCOC(=O)COc1cc(C)c2c(c1)O/C(=C\c1ccc(N(CC)CC)cc1)C2=O. The summed E-state index contributed by atoms with van der Waals surface area (Å²) in [7, 11) is 0. The minimum atomic E-state index is -0.496. The Labute approximate surface area is 182 Å². The second kappa shape index (κ2) is 9.98. The number of esters is 1. The summed E-state index contributed by atoms with van der Waals surface area (Å²) in [5.41, 5.74) is 3.24. The number of anilines is 1. The number of hydrogen-bond donors (Lipinski definition) is 0. The highest BCUT2D eigenvalue weighted by atomic mass is 16.6. The molecule has 0 amide bonds. The molecule has 31 heavy (non-hydrogen) atoms. The molecule has 2 aromatic rings. The maximum Gasteiger partial charge on any atom is 0.344 e. The number of allylic oxidation sites excluding steroid dienone is 1.